The van der Waals surface area contributed by atoms with Crippen molar-refractivity contribution >= 4 is 28.8 Å². The molecule has 2 aromatic carbocycles. The molecule has 0 spiro atoms. The molecule has 4 aromatic rings. The monoisotopic (exact) mass is 505 g/mol. The summed E-state index contributed by atoms with van der Waals surface area (Å²) in [5, 5.41) is 21.4. The summed E-state index contributed by atoms with van der Waals surface area (Å²) >= 11 is 0. The van der Waals surface area contributed by atoms with Gasteiger partial charge in [-0.2, -0.15) is 0 Å². The molecule has 2 heterocycles. The second-order valence-electron chi connectivity index (χ2n) is 7.88. The number of carboxylic acid groups (broad SMARTS) is 1. The Morgan fingerprint density at radius 2 is 1.84 bits per heavy atom. The molecule has 0 atom stereocenters. The van der Waals surface area contributed by atoms with Crippen molar-refractivity contribution in [2.24, 2.45) is 0 Å². The Morgan fingerprint density at radius 1 is 1.08 bits per heavy atom. The summed E-state index contributed by atoms with van der Waals surface area (Å²) in [5.74, 6) is -1.72. The SMILES string of the molecule is CCc1cc2c(=O)c(-c3nncn3-c3ccccc3)coc2cc1OCC(=O)NCC(=O)NCC(=O)O. The highest BCUT2D eigenvalue weighted by Gasteiger charge is 2.18. The zero-order valence-corrected chi connectivity index (χ0v) is 19.8. The van der Waals surface area contributed by atoms with E-state index in [4.69, 9.17) is 14.3 Å². The van der Waals surface area contributed by atoms with Crippen LogP contribution in [0.25, 0.3) is 28.0 Å². The minimum atomic E-state index is -1.19. The van der Waals surface area contributed by atoms with Crippen LogP contribution in [0.2, 0.25) is 0 Å². The predicted octanol–water partition coefficient (Wildman–Crippen LogP) is 1.30. The van der Waals surface area contributed by atoms with Gasteiger partial charge in [0.05, 0.1) is 11.9 Å². The Hall–Kier alpha value is -5.00. The summed E-state index contributed by atoms with van der Waals surface area (Å²) in [6, 6.07) is 12.5. The Labute approximate surface area is 209 Å². The number of nitrogens with zero attached hydrogens (tertiary/aromatic N) is 3. The van der Waals surface area contributed by atoms with Gasteiger partial charge in [0.1, 0.15) is 36.0 Å². The number of amides is 2. The lowest BCUT2D eigenvalue weighted by Gasteiger charge is -2.12. The fraction of sp³-hybridized carbons (Fsp3) is 0.200. The molecule has 190 valence electrons. The van der Waals surface area contributed by atoms with Crippen molar-refractivity contribution in [3.05, 3.63) is 70.8 Å². The van der Waals surface area contributed by atoms with Crippen molar-refractivity contribution in [1.29, 1.82) is 0 Å². The number of fused-ring (bicyclic) bond motifs is 1. The molecular weight excluding hydrogens is 482 g/mol. The minimum Gasteiger partial charge on any atom is -0.483 e. The fourth-order valence-electron chi connectivity index (χ4n) is 3.57. The Morgan fingerprint density at radius 3 is 2.57 bits per heavy atom. The molecular formula is C25H23N5O7. The summed E-state index contributed by atoms with van der Waals surface area (Å²) in [6.45, 7) is 0.546. The minimum absolute atomic E-state index is 0.241. The number of nitrogens with one attached hydrogen (secondary N) is 2. The maximum atomic E-state index is 13.4. The molecule has 0 saturated heterocycles. The van der Waals surface area contributed by atoms with Gasteiger partial charge in [-0.05, 0) is 30.2 Å². The summed E-state index contributed by atoms with van der Waals surface area (Å²) in [6.07, 6.45) is 3.34. The van der Waals surface area contributed by atoms with Gasteiger partial charge in [0.2, 0.25) is 11.3 Å². The largest absolute Gasteiger partial charge is 0.483 e. The number of aromatic nitrogens is 3. The highest BCUT2D eigenvalue weighted by Crippen LogP contribution is 2.27. The second-order valence-corrected chi connectivity index (χ2v) is 7.88. The predicted molar refractivity (Wildman–Crippen MR) is 131 cm³/mol. The Bertz CT molecular complexity index is 1510. The first-order valence-corrected chi connectivity index (χ1v) is 11.3. The van der Waals surface area contributed by atoms with Crippen LogP contribution < -0.4 is 20.8 Å². The molecule has 0 unspecified atom stereocenters. The lowest BCUT2D eigenvalue weighted by Crippen LogP contribution is -2.40. The smallest absolute Gasteiger partial charge is 0.322 e. The van der Waals surface area contributed by atoms with Crippen LogP contribution in [-0.4, -0.2) is 57.4 Å². The number of aryl methyl sites for hydroxylation is 1. The number of carboxylic acids is 1. The number of carbonyl (C=O) groups is 3. The molecule has 0 radical (unpaired) electrons. The highest BCUT2D eigenvalue weighted by atomic mass is 16.5. The normalized spacial score (nSPS) is 10.7. The quantitative estimate of drug-likeness (QED) is 0.288. The first kappa shape index (κ1) is 25.1. The van der Waals surface area contributed by atoms with Crippen LogP contribution in [0.15, 0.2) is 64.3 Å². The number of para-hydroxylation sites is 1. The van der Waals surface area contributed by atoms with Gasteiger partial charge in [-0.3, -0.25) is 23.7 Å². The molecule has 37 heavy (non-hydrogen) atoms. The van der Waals surface area contributed by atoms with Crippen LogP contribution in [0.1, 0.15) is 12.5 Å². The van der Waals surface area contributed by atoms with Gasteiger partial charge in [-0.25, -0.2) is 0 Å². The Kier molecular flexibility index (Phi) is 7.57. The third kappa shape index (κ3) is 5.81. The van der Waals surface area contributed by atoms with Gasteiger partial charge in [0.25, 0.3) is 5.91 Å². The standard InChI is InChI=1S/C25H23N5O7/c1-2-15-8-17-20(9-19(15)37-13-22(32)26-10-21(31)27-11-23(33)34)36-12-18(24(17)35)25-29-28-14-30(25)16-6-4-3-5-7-16/h3-9,12,14H,2,10-11,13H2,1H3,(H,26,32)(H,27,31)(H,33,34). The molecule has 0 aliphatic heterocycles. The van der Waals surface area contributed by atoms with E-state index < -0.39 is 30.9 Å². The van der Waals surface area contributed by atoms with E-state index in [1.807, 2.05) is 37.3 Å². The van der Waals surface area contributed by atoms with Gasteiger partial charge in [-0.1, -0.05) is 25.1 Å². The first-order chi connectivity index (χ1) is 17.9. The van der Waals surface area contributed by atoms with Crippen molar-refractivity contribution in [2.75, 3.05) is 19.7 Å². The number of hydrogen-bond acceptors (Lipinski definition) is 8. The first-order valence-electron chi connectivity index (χ1n) is 11.3. The number of carbonyl (C=O) groups excluding carboxylic acids is 2. The van der Waals surface area contributed by atoms with E-state index >= 15 is 0 Å². The average Bonchev–Trinajstić information content (AvgIpc) is 3.39. The zero-order chi connectivity index (χ0) is 26.4. The molecule has 12 heteroatoms. The summed E-state index contributed by atoms with van der Waals surface area (Å²) in [7, 11) is 0. The lowest BCUT2D eigenvalue weighted by molar-refractivity contribution is -0.137. The molecule has 0 aliphatic rings. The van der Waals surface area contributed by atoms with E-state index in [2.05, 4.69) is 20.8 Å². The molecule has 2 aromatic heterocycles. The Balaban J connectivity index is 1.53. The van der Waals surface area contributed by atoms with E-state index in [1.165, 1.54) is 18.7 Å². The molecule has 4 rings (SSSR count). The van der Waals surface area contributed by atoms with E-state index in [0.717, 1.165) is 5.69 Å². The van der Waals surface area contributed by atoms with E-state index in [-0.39, 0.29) is 23.1 Å². The topological polar surface area (TPSA) is 166 Å². The van der Waals surface area contributed by atoms with Crippen molar-refractivity contribution in [3.63, 3.8) is 0 Å². The number of aliphatic carboxylic acids is 1. The van der Waals surface area contributed by atoms with Gasteiger partial charge in [0, 0.05) is 11.8 Å². The number of benzene rings is 2. The zero-order valence-electron chi connectivity index (χ0n) is 19.8. The summed E-state index contributed by atoms with van der Waals surface area (Å²) in [4.78, 5) is 47.5. The molecule has 0 bridgehead atoms. The fourth-order valence-corrected chi connectivity index (χ4v) is 3.57. The number of ether oxygens (including phenoxy) is 1. The number of hydrogen-bond donors (Lipinski definition) is 3. The van der Waals surface area contributed by atoms with Crippen LogP contribution in [0.5, 0.6) is 5.75 Å². The van der Waals surface area contributed by atoms with Crippen LogP contribution in [0, 0.1) is 0 Å². The molecule has 0 fully saturated rings. The maximum absolute atomic E-state index is 13.4. The van der Waals surface area contributed by atoms with Gasteiger partial charge in [-0.15, -0.1) is 10.2 Å². The van der Waals surface area contributed by atoms with Gasteiger partial charge >= 0.3 is 5.97 Å². The van der Waals surface area contributed by atoms with Crippen molar-refractivity contribution < 1.29 is 28.6 Å². The molecule has 0 saturated carbocycles. The summed E-state index contributed by atoms with van der Waals surface area (Å²) < 4.78 is 13.1. The third-order valence-corrected chi connectivity index (χ3v) is 5.40. The van der Waals surface area contributed by atoms with Crippen LogP contribution in [0.4, 0.5) is 0 Å². The van der Waals surface area contributed by atoms with Crippen molar-refractivity contribution in [3.8, 4) is 22.8 Å². The number of rotatable bonds is 10. The van der Waals surface area contributed by atoms with E-state index in [9.17, 15) is 19.2 Å². The summed E-state index contributed by atoms with van der Waals surface area (Å²) in [5.41, 5.74) is 1.68. The van der Waals surface area contributed by atoms with Crippen LogP contribution in [-0.2, 0) is 20.8 Å². The highest BCUT2D eigenvalue weighted by molar-refractivity contribution is 5.87. The molecule has 0 aliphatic carbocycles. The second kappa shape index (κ2) is 11.2. The van der Waals surface area contributed by atoms with Gasteiger partial charge in [0.15, 0.2) is 12.4 Å². The maximum Gasteiger partial charge on any atom is 0.322 e. The molecule has 2 amide bonds. The lowest BCUT2D eigenvalue weighted by atomic mass is 10.1. The molecule has 12 nitrogen and oxygen atoms in total. The van der Waals surface area contributed by atoms with E-state index in [1.54, 1.807) is 10.6 Å². The van der Waals surface area contributed by atoms with E-state index in [0.29, 0.717) is 28.9 Å². The third-order valence-electron chi connectivity index (χ3n) is 5.40. The van der Waals surface area contributed by atoms with Gasteiger partial charge < -0.3 is 24.9 Å². The molecule has 3 N–H and O–H groups in total. The average molecular weight is 505 g/mol. The van der Waals surface area contributed by atoms with Crippen molar-refractivity contribution in [1.82, 2.24) is 25.4 Å². The van der Waals surface area contributed by atoms with Crippen molar-refractivity contribution in [2.45, 2.75) is 13.3 Å². The van der Waals surface area contributed by atoms with Crippen LogP contribution in [0.3, 0.4) is 0 Å². The van der Waals surface area contributed by atoms with Crippen LogP contribution >= 0.6 is 0 Å².